The van der Waals surface area contributed by atoms with Gasteiger partial charge in [-0.15, -0.1) is 11.6 Å². The summed E-state index contributed by atoms with van der Waals surface area (Å²) in [6, 6.07) is 0. The van der Waals surface area contributed by atoms with Crippen molar-refractivity contribution in [2.24, 2.45) is 0 Å². The maximum atomic E-state index is 9.71. The van der Waals surface area contributed by atoms with E-state index in [0.29, 0.717) is 0 Å². The van der Waals surface area contributed by atoms with Crippen LogP contribution in [0.5, 0.6) is 0 Å². The van der Waals surface area contributed by atoms with E-state index in [-0.39, 0.29) is 0 Å². The van der Waals surface area contributed by atoms with Gasteiger partial charge in [0.1, 0.15) is 11.9 Å². The average molecular weight is 157 g/mol. The van der Waals surface area contributed by atoms with Crippen molar-refractivity contribution >= 4 is 29.4 Å². The van der Waals surface area contributed by atoms with Crippen LogP contribution in [-0.2, 0) is 9.08 Å². The standard InChI is InChI=1S/C3H3ClO2.CH3Cl/c1-2-3(5)6-4;1-2/h2H,1H2;1H3. The summed E-state index contributed by atoms with van der Waals surface area (Å²) >= 11 is 9.17. The highest BCUT2D eigenvalue weighted by atomic mass is 35.5. The van der Waals surface area contributed by atoms with E-state index in [1.54, 1.807) is 0 Å². The van der Waals surface area contributed by atoms with Crippen LogP contribution in [0.3, 0.4) is 0 Å². The smallest absolute Gasteiger partial charge is 0.344 e. The molecule has 0 fully saturated rings. The van der Waals surface area contributed by atoms with Crippen LogP contribution in [0.4, 0.5) is 0 Å². The molecule has 2 nitrogen and oxygen atoms in total. The summed E-state index contributed by atoms with van der Waals surface area (Å²) in [5.74, 6) is -0.628. The quantitative estimate of drug-likeness (QED) is 0.427. The minimum absolute atomic E-state index is 0.628. The van der Waals surface area contributed by atoms with E-state index in [4.69, 9.17) is 0 Å². The van der Waals surface area contributed by atoms with Crippen molar-refractivity contribution in [2.45, 2.75) is 0 Å². The Hall–Kier alpha value is -0.210. The van der Waals surface area contributed by atoms with Crippen LogP contribution in [-0.4, -0.2) is 12.4 Å². The van der Waals surface area contributed by atoms with Crippen LogP contribution in [0.2, 0.25) is 0 Å². The molecule has 0 spiro atoms. The fourth-order valence-electron chi connectivity index (χ4n) is 0.0315. The van der Waals surface area contributed by atoms with E-state index in [0.717, 1.165) is 6.08 Å². The molecule has 0 aliphatic rings. The van der Waals surface area contributed by atoms with Gasteiger partial charge in [0.2, 0.25) is 0 Å². The van der Waals surface area contributed by atoms with Crippen molar-refractivity contribution in [3.8, 4) is 0 Å². The van der Waals surface area contributed by atoms with E-state index in [1.165, 1.54) is 6.38 Å². The van der Waals surface area contributed by atoms with Gasteiger partial charge in [0.05, 0.1) is 0 Å². The lowest BCUT2D eigenvalue weighted by atomic mass is 10.7. The number of rotatable bonds is 1. The summed E-state index contributed by atoms with van der Waals surface area (Å²) in [4.78, 5) is 9.71. The van der Waals surface area contributed by atoms with E-state index in [9.17, 15) is 4.79 Å². The lowest BCUT2D eigenvalue weighted by Gasteiger charge is -1.77. The second kappa shape index (κ2) is 9.92. The first kappa shape index (κ1) is 10.7. The number of alkyl halides is 1. The zero-order chi connectivity index (χ0) is 6.99. The molecule has 0 rings (SSSR count). The summed E-state index contributed by atoms with van der Waals surface area (Å²) in [6.07, 6.45) is 2.45. The maximum Gasteiger partial charge on any atom is 0.348 e. The fraction of sp³-hybridized carbons (Fsp3) is 0.250. The van der Waals surface area contributed by atoms with Gasteiger partial charge >= 0.3 is 5.97 Å². The summed E-state index contributed by atoms with van der Waals surface area (Å²) in [7, 11) is 0. The second-order valence-electron chi connectivity index (χ2n) is 0.600. The molecular weight excluding hydrogens is 151 g/mol. The molecule has 0 aromatic carbocycles. The number of halogens is 2. The molecule has 0 amide bonds. The van der Waals surface area contributed by atoms with Crippen molar-refractivity contribution < 1.29 is 9.08 Å². The molecule has 0 unspecified atom stereocenters. The first-order valence-electron chi connectivity index (χ1n) is 1.64. The molecule has 8 heavy (non-hydrogen) atoms. The van der Waals surface area contributed by atoms with Gasteiger partial charge < -0.3 is 4.29 Å². The topological polar surface area (TPSA) is 26.3 Å². The van der Waals surface area contributed by atoms with Gasteiger partial charge in [-0.2, -0.15) is 0 Å². The molecule has 48 valence electrons. The van der Waals surface area contributed by atoms with Crippen molar-refractivity contribution in [3.63, 3.8) is 0 Å². The van der Waals surface area contributed by atoms with Crippen LogP contribution in [0.1, 0.15) is 0 Å². The van der Waals surface area contributed by atoms with Crippen LogP contribution in [0.15, 0.2) is 12.7 Å². The molecule has 0 N–H and O–H groups in total. The SMILES string of the molecule is C=CC(=O)OCl.CCl. The number of hydrogen-bond donors (Lipinski definition) is 0. The molecular formula is C4H6Cl2O2. The first-order valence-corrected chi connectivity index (χ1v) is 2.70. The molecule has 0 aromatic rings. The van der Waals surface area contributed by atoms with Crippen LogP contribution in [0.25, 0.3) is 0 Å². The lowest BCUT2D eigenvalue weighted by molar-refractivity contribution is -0.128. The van der Waals surface area contributed by atoms with Gasteiger partial charge in [0.15, 0.2) is 0 Å². The lowest BCUT2D eigenvalue weighted by Crippen LogP contribution is -1.86. The molecule has 4 heteroatoms. The van der Waals surface area contributed by atoms with Gasteiger partial charge in [-0.3, -0.25) is 0 Å². The van der Waals surface area contributed by atoms with Gasteiger partial charge in [-0.25, -0.2) is 4.79 Å². The Bertz CT molecular complexity index is 72.4. The Labute approximate surface area is 58.2 Å². The van der Waals surface area contributed by atoms with Gasteiger partial charge in [0.25, 0.3) is 0 Å². The van der Waals surface area contributed by atoms with E-state index < -0.39 is 5.97 Å². The molecule has 0 heterocycles. The highest BCUT2D eigenvalue weighted by Gasteiger charge is 1.85. The largest absolute Gasteiger partial charge is 0.348 e. The van der Waals surface area contributed by atoms with E-state index >= 15 is 0 Å². The van der Waals surface area contributed by atoms with Crippen LogP contribution >= 0.6 is 23.5 Å². The van der Waals surface area contributed by atoms with Gasteiger partial charge in [0, 0.05) is 12.5 Å². The van der Waals surface area contributed by atoms with Gasteiger partial charge in [-0.05, 0) is 0 Å². The third-order valence-corrected chi connectivity index (χ3v) is 0.395. The Morgan fingerprint density at radius 2 is 2.12 bits per heavy atom. The molecule has 0 aromatic heterocycles. The summed E-state index contributed by atoms with van der Waals surface area (Å²) in [6.45, 7) is 3.07. The van der Waals surface area contributed by atoms with Crippen LogP contribution < -0.4 is 0 Å². The second-order valence-corrected chi connectivity index (χ2v) is 0.755. The molecule has 0 aliphatic heterocycles. The maximum absolute atomic E-state index is 9.71. The normalized spacial score (nSPS) is 5.88. The molecule has 0 saturated carbocycles. The van der Waals surface area contributed by atoms with E-state index in [1.807, 2.05) is 0 Å². The Kier molecular flexibility index (Phi) is 13.3. The van der Waals surface area contributed by atoms with Crippen molar-refractivity contribution in [1.29, 1.82) is 0 Å². The van der Waals surface area contributed by atoms with Crippen molar-refractivity contribution in [2.75, 3.05) is 6.38 Å². The van der Waals surface area contributed by atoms with E-state index in [2.05, 4.69) is 34.3 Å². The Balaban J connectivity index is 0. The predicted octanol–water partition coefficient (Wildman–Crippen LogP) is 1.72. The average Bonchev–Trinajstić information content (AvgIpc) is 1.91. The summed E-state index contributed by atoms with van der Waals surface area (Å²) in [5, 5.41) is 0. The highest BCUT2D eigenvalue weighted by Crippen LogP contribution is 1.79. The Morgan fingerprint density at radius 3 is 2.12 bits per heavy atom. The van der Waals surface area contributed by atoms with Gasteiger partial charge in [-0.1, -0.05) is 6.58 Å². The highest BCUT2D eigenvalue weighted by molar-refractivity contribution is 6.15. The minimum Gasteiger partial charge on any atom is -0.344 e. The molecule has 0 radical (unpaired) electrons. The summed E-state index contributed by atoms with van der Waals surface area (Å²) in [5.41, 5.74) is 0. The molecule has 0 bridgehead atoms. The minimum atomic E-state index is -0.628. The third kappa shape index (κ3) is 9.25. The van der Waals surface area contributed by atoms with Crippen molar-refractivity contribution in [1.82, 2.24) is 0 Å². The Morgan fingerprint density at radius 1 is 1.75 bits per heavy atom. The number of carbonyl (C=O) groups is 1. The third-order valence-electron chi connectivity index (χ3n) is 0.243. The summed E-state index contributed by atoms with van der Waals surface area (Å²) < 4.78 is 3.61. The fourth-order valence-corrected chi connectivity index (χ4v) is 0.0945. The monoisotopic (exact) mass is 156 g/mol. The molecule has 0 saturated heterocycles. The zero-order valence-electron chi connectivity index (χ0n) is 4.36. The first-order chi connectivity index (χ1) is 3.81. The predicted molar refractivity (Wildman–Crippen MR) is 33.9 cm³/mol. The zero-order valence-corrected chi connectivity index (χ0v) is 5.87. The number of hydrogen-bond acceptors (Lipinski definition) is 2. The molecule has 0 aliphatic carbocycles. The number of carbonyl (C=O) groups excluding carboxylic acids is 1. The van der Waals surface area contributed by atoms with Crippen molar-refractivity contribution in [3.05, 3.63) is 12.7 Å². The van der Waals surface area contributed by atoms with Crippen LogP contribution in [0, 0.1) is 0 Å². The molecule has 0 atom stereocenters.